The van der Waals surface area contributed by atoms with Crippen molar-refractivity contribution in [3.8, 4) is 5.75 Å². The van der Waals surface area contributed by atoms with Crippen molar-refractivity contribution in [2.75, 3.05) is 13.2 Å². The van der Waals surface area contributed by atoms with E-state index in [1.165, 1.54) is 11.1 Å². The van der Waals surface area contributed by atoms with Crippen LogP contribution < -0.4 is 10.1 Å². The molecule has 0 heterocycles. The van der Waals surface area contributed by atoms with Gasteiger partial charge in [-0.25, -0.2) is 0 Å². The van der Waals surface area contributed by atoms with Gasteiger partial charge in [-0.1, -0.05) is 24.6 Å². The first-order chi connectivity index (χ1) is 7.19. The Hall–Kier alpha value is -1.02. The van der Waals surface area contributed by atoms with Gasteiger partial charge in [0.15, 0.2) is 0 Å². The average molecular weight is 207 g/mol. The zero-order valence-corrected chi connectivity index (χ0v) is 10.1. The fourth-order valence-corrected chi connectivity index (χ4v) is 1.71. The predicted molar refractivity (Wildman–Crippen MR) is 64.4 cm³/mol. The molecular formula is C13H21NO. The summed E-state index contributed by atoms with van der Waals surface area (Å²) in [5, 5.41) is 3.41. The highest BCUT2D eigenvalue weighted by molar-refractivity contribution is 5.38. The van der Waals surface area contributed by atoms with E-state index in [0.29, 0.717) is 6.04 Å². The molecule has 0 aromatic heterocycles. The zero-order chi connectivity index (χ0) is 11.3. The molecule has 0 amide bonds. The van der Waals surface area contributed by atoms with E-state index >= 15 is 0 Å². The lowest BCUT2D eigenvalue weighted by molar-refractivity contribution is 0.332. The Kier molecular flexibility index (Phi) is 4.63. The van der Waals surface area contributed by atoms with Crippen molar-refractivity contribution in [3.63, 3.8) is 0 Å². The molecule has 1 rings (SSSR count). The second-order valence-electron chi connectivity index (χ2n) is 3.75. The minimum absolute atomic E-state index is 0.344. The van der Waals surface area contributed by atoms with E-state index < -0.39 is 0 Å². The summed E-state index contributed by atoms with van der Waals surface area (Å²) in [4.78, 5) is 0. The molecule has 1 N–H and O–H groups in total. The van der Waals surface area contributed by atoms with Crippen LogP contribution in [0.2, 0.25) is 0 Å². The molecule has 0 aliphatic rings. The zero-order valence-electron chi connectivity index (χ0n) is 10.1. The number of ether oxygens (including phenoxy) is 1. The molecule has 1 aromatic rings. The Morgan fingerprint density at radius 2 is 2.07 bits per heavy atom. The number of hydrogen-bond donors (Lipinski definition) is 1. The Morgan fingerprint density at radius 1 is 1.33 bits per heavy atom. The first-order valence-corrected chi connectivity index (χ1v) is 5.65. The van der Waals surface area contributed by atoms with Crippen molar-refractivity contribution >= 4 is 0 Å². The molecule has 0 spiro atoms. The molecule has 0 saturated heterocycles. The molecule has 0 saturated carbocycles. The Morgan fingerprint density at radius 3 is 2.67 bits per heavy atom. The smallest absolute Gasteiger partial charge is 0.124 e. The van der Waals surface area contributed by atoms with Gasteiger partial charge in [0.1, 0.15) is 5.75 Å². The molecule has 1 unspecified atom stereocenters. The topological polar surface area (TPSA) is 21.3 Å². The van der Waals surface area contributed by atoms with Crippen LogP contribution >= 0.6 is 0 Å². The maximum Gasteiger partial charge on any atom is 0.124 e. The van der Waals surface area contributed by atoms with E-state index in [0.717, 1.165) is 18.9 Å². The van der Waals surface area contributed by atoms with E-state index in [1.807, 2.05) is 6.92 Å². The quantitative estimate of drug-likeness (QED) is 0.801. The average Bonchev–Trinajstić information content (AvgIpc) is 2.21. The van der Waals surface area contributed by atoms with Gasteiger partial charge in [-0.05, 0) is 33.4 Å². The second kappa shape index (κ2) is 5.76. The van der Waals surface area contributed by atoms with Crippen molar-refractivity contribution < 1.29 is 4.74 Å². The van der Waals surface area contributed by atoms with E-state index in [9.17, 15) is 0 Å². The van der Waals surface area contributed by atoms with Crippen molar-refractivity contribution in [1.29, 1.82) is 0 Å². The molecule has 1 aromatic carbocycles. The fourth-order valence-electron chi connectivity index (χ4n) is 1.71. The monoisotopic (exact) mass is 207 g/mol. The highest BCUT2D eigenvalue weighted by atomic mass is 16.5. The molecule has 2 nitrogen and oxygen atoms in total. The standard InChI is InChI=1S/C13H21NO/c1-5-14-11(4)12-9-10(3)7-8-13(12)15-6-2/h7-9,11,14H,5-6H2,1-4H3. The summed E-state index contributed by atoms with van der Waals surface area (Å²) in [7, 11) is 0. The van der Waals surface area contributed by atoms with Gasteiger partial charge in [0.2, 0.25) is 0 Å². The normalized spacial score (nSPS) is 12.5. The van der Waals surface area contributed by atoms with Gasteiger partial charge >= 0.3 is 0 Å². The van der Waals surface area contributed by atoms with Crippen LogP contribution in [0.3, 0.4) is 0 Å². The summed E-state index contributed by atoms with van der Waals surface area (Å²) < 4.78 is 5.62. The van der Waals surface area contributed by atoms with E-state index in [1.54, 1.807) is 0 Å². The van der Waals surface area contributed by atoms with E-state index in [2.05, 4.69) is 44.3 Å². The minimum Gasteiger partial charge on any atom is -0.494 e. The first-order valence-electron chi connectivity index (χ1n) is 5.65. The number of aryl methyl sites for hydroxylation is 1. The molecule has 0 aliphatic heterocycles. The van der Waals surface area contributed by atoms with Gasteiger partial charge in [0.25, 0.3) is 0 Å². The molecule has 0 bridgehead atoms. The number of rotatable bonds is 5. The van der Waals surface area contributed by atoms with Gasteiger partial charge in [-0.2, -0.15) is 0 Å². The van der Waals surface area contributed by atoms with Gasteiger partial charge in [0, 0.05) is 11.6 Å². The lowest BCUT2D eigenvalue weighted by Gasteiger charge is -2.17. The third-order valence-corrected chi connectivity index (χ3v) is 2.44. The van der Waals surface area contributed by atoms with Crippen LogP contribution in [0.1, 0.15) is 37.9 Å². The van der Waals surface area contributed by atoms with Crippen LogP contribution in [0.25, 0.3) is 0 Å². The number of hydrogen-bond acceptors (Lipinski definition) is 2. The third-order valence-electron chi connectivity index (χ3n) is 2.44. The summed E-state index contributed by atoms with van der Waals surface area (Å²) in [6.07, 6.45) is 0. The highest BCUT2D eigenvalue weighted by Gasteiger charge is 2.10. The molecule has 2 heteroatoms. The third kappa shape index (κ3) is 3.24. The van der Waals surface area contributed by atoms with Crippen LogP contribution in [0, 0.1) is 6.92 Å². The van der Waals surface area contributed by atoms with Gasteiger partial charge < -0.3 is 10.1 Å². The van der Waals surface area contributed by atoms with Crippen molar-refractivity contribution in [2.45, 2.75) is 33.7 Å². The lowest BCUT2D eigenvalue weighted by Crippen LogP contribution is -2.18. The Bertz CT molecular complexity index is 309. The summed E-state index contributed by atoms with van der Waals surface area (Å²) in [5.74, 6) is 0.997. The summed E-state index contributed by atoms with van der Waals surface area (Å²) >= 11 is 0. The summed E-state index contributed by atoms with van der Waals surface area (Å²) in [6.45, 7) is 10.1. The van der Waals surface area contributed by atoms with Crippen LogP contribution in [-0.4, -0.2) is 13.2 Å². The highest BCUT2D eigenvalue weighted by Crippen LogP contribution is 2.26. The number of nitrogens with one attached hydrogen (secondary N) is 1. The van der Waals surface area contributed by atoms with Crippen molar-refractivity contribution in [1.82, 2.24) is 5.32 Å². The van der Waals surface area contributed by atoms with Crippen molar-refractivity contribution in [2.24, 2.45) is 0 Å². The van der Waals surface area contributed by atoms with Gasteiger partial charge in [-0.15, -0.1) is 0 Å². The molecule has 0 fully saturated rings. The minimum atomic E-state index is 0.344. The predicted octanol–water partition coefficient (Wildman–Crippen LogP) is 3.06. The maximum absolute atomic E-state index is 5.62. The van der Waals surface area contributed by atoms with Crippen LogP contribution in [0.4, 0.5) is 0 Å². The Labute approximate surface area is 92.6 Å². The van der Waals surface area contributed by atoms with E-state index in [4.69, 9.17) is 4.74 Å². The van der Waals surface area contributed by atoms with E-state index in [-0.39, 0.29) is 0 Å². The molecule has 0 radical (unpaired) electrons. The molecule has 15 heavy (non-hydrogen) atoms. The maximum atomic E-state index is 5.62. The van der Waals surface area contributed by atoms with Crippen LogP contribution in [0.15, 0.2) is 18.2 Å². The largest absolute Gasteiger partial charge is 0.494 e. The first kappa shape index (κ1) is 12.1. The fraction of sp³-hybridized carbons (Fsp3) is 0.538. The molecule has 84 valence electrons. The van der Waals surface area contributed by atoms with Crippen LogP contribution in [0.5, 0.6) is 5.75 Å². The van der Waals surface area contributed by atoms with Gasteiger partial charge in [0.05, 0.1) is 6.61 Å². The summed E-state index contributed by atoms with van der Waals surface area (Å²) in [6, 6.07) is 6.68. The Balaban J connectivity index is 2.95. The SMILES string of the molecule is CCNC(C)c1cc(C)ccc1OCC. The second-order valence-corrected chi connectivity index (χ2v) is 3.75. The van der Waals surface area contributed by atoms with Crippen LogP contribution in [-0.2, 0) is 0 Å². The van der Waals surface area contributed by atoms with Crippen molar-refractivity contribution in [3.05, 3.63) is 29.3 Å². The molecular weight excluding hydrogens is 186 g/mol. The lowest BCUT2D eigenvalue weighted by atomic mass is 10.0. The molecule has 1 atom stereocenters. The van der Waals surface area contributed by atoms with Gasteiger partial charge in [-0.3, -0.25) is 0 Å². The number of benzene rings is 1. The summed E-state index contributed by atoms with van der Waals surface area (Å²) in [5.41, 5.74) is 2.52. The molecule has 0 aliphatic carbocycles.